The molecule has 0 aliphatic carbocycles. The minimum Gasteiger partial charge on any atom is -0.355 e. The van der Waals surface area contributed by atoms with Crippen molar-refractivity contribution in [3.05, 3.63) is 52.7 Å². The molecule has 4 nitrogen and oxygen atoms in total. The topological polar surface area (TPSA) is 31.4 Å². The molecule has 0 radical (unpaired) electrons. The number of nitrogens with zero attached hydrogens (tertiary/aromatic N) is 3. The van der Waals surface area contributed by atoms with E-state index in [0.717, 1.165) is 36.9 Å². The Morgan fingerprint density at radius 1 is 1.12 bits per heavy atom. The first-order valence-corrected chi connectivity index (χ1v) is 17.8. The molecule has 0 spiro atoms. The van der Waals surface area contributed by atoms with E-state index in [9.17, 15) is 0 Å². The molecule has 1 aliphatic rings. The van der Waals surface area contributed by atoms with E-state index in [1.54, 1.807) is 0 Å². The zero-order valence-corrected chi connectivity index (χ0v) is 28.7. The van der Waals surface area contributed by atoms with Gasteiger partial charge in [0, 0.05) is 19.1 Å². The Morgan fingerprint density at radius 2 is 1.75 bits per heavy atom. The molecule has 1 aliphatic heterocycles. The van der Waals surface area contributed by atoms with Crippen molar-refractivity contribution >= 4 is 39.6 Å². The van der Waals surface area contributed by atoms with Gasteiger partial charge in [-0.05, 0) is 81.8 Å². The number of halogens is 1. The highest BCUT2D eigenvalue weighted by Gasteiger charge is 2.23. The Bertz CT molecular complexity index is 957. The lowest BCUT2D eigenvalue weighted by Crippen LogP contribution is -2.35. The molecule has 1 saturated heterocycles. The minimum atomic E-state index is -0.120. The van der Waals surface area contributed by atoms with Crippen LogP contribution in [0.3, 0.4) is 0 Å². The number of piperidine rings is 1. The van der Waals surface area contributed by atoms with Crippen LogP contribution >= 0.6 is 22.3 Å². The van der Waals surface area contributed by atoms with E-state index < -0.39 is 0 Å². The molecule has 0 bridgehead atoms. The van der Waals surface area contributed by atoms with Crippen molar-refractivity contribution in [3.63, 3.8) is 0 Å². The van der Waals surface area contributed by atoms with Crippen molar-refractivity contribution < 1.29 is 0 Å². The standard InChI is InChI=1S/C16H28ClN3S.C16H25N.C2H6/c1-6-8-13(3)12-20(9-7-2)16-15(17)10-14(11-18-16)19-21(4)5;1-4-16(15-7-5-13(2)6-8-15)17-11-9-14(3)10-12-17;1-2/h10-11,13,19H,4,6-9,12H2,1-3,5H3;5-8,14,16H,4,9-12H2,1-3H3;1-2H3. The fourth-order valence-corrected chi connectivity index (χ4v) is 6.07. The Balaban J connectivity index is 0.000000383. The quantitative estimate of drug-likeness (QED) is 0.249. The number of aromatic nitrogens is 1. The van der Waals surface area contributed by atoms with Crippen molar-refractivity contribution in [3.8, 4) is 0 Å². The molecular weight excluding hydrogens is 532 g/mol. The van der Waals surface area contributed by atoms with Crippen LogP contribution in [0.25, 0.3) is 0 Å². The molecular formula is C34H59ClN4S. The van der Waals surface area contributed by atoms with E-state index in [4.69, 9.17) is 11.6 Å². The van der Waals surface area contributed by atoms with E-state index in [1.165, 1.54) is 56.3 Å². The van der Waals surface area contributed by atoms with Crippen molar-refractivity contribution in [2.75, 3.05) is 42.1 Å². The predicted molar refractivity (Wildman–Crippen MR) is 186 cm³/mol. The predicted octanol–water partition coefficient (Wildman–Crippen LogP) is 10.2. The number of benzene rings is 1. The van der Waals surface area contributed by atoms with Gasteiger partial charge in [0.05, 0.1) is 16.9 Å². The number of aryl methyl sites for hydroxylation is 1. The highest BCUT2D eigenvalue weighted by molar-refractivity contribution is 8.14. The van der Waals surface area contributed by atoms with Crippen LogP contribution in [-0.4, -0.2) is 48.2 Å². The smallest absolute Gasteiger partial charge is 0.147 e. The van der Waals surface area contributed by atoms with Gasteiger partial charge in [-0.15, -0.1) is 10.7 Å². The number of hydrogen-bond acceptors (Lipinski definition) is 4. The molecule has 6 heteroatoms. The van der Waals surface area contributed by atoms with Crippen LogP contribution < -0.4 is 9.62 Å². The van der Waals surface area contributed by atoms with Crippen LogP contribution in [0, 0.1) is 18.8 Å². The van der Waals surface area contributed by atoms with Crippen molar-refractivity contribution in [2.45, 2.75) is 100.0 Å². The van der Waals surface area contributed by atoms with Gasteiger partial charge in [0.2, 0.25) is 0 Å². The average Bonchev–Trinajstić information content (AvgIpc) is 2.92. The number of likely N-dealkylation sites (tertiary alicyclic amines) is 1. The number of anilines is 2. The minimum absolute atomic E-state index is 0.120. The second-order valence-electron chi connectivity index (χ2n) is 11.2. The summed E-state index contributed by atoms with van der Waals surface area (Å²) in [6.07, 6.45) is 11.4. The van der Waals surface area contributed by atoms with Crippen LogP contribution in [0.4, 0.5) is 11.5 Å². The van der Waals surface area contributed by atoms with Gasteiger partial charge in [0.1, 0.15) is 5.82 Å². The fraction of sp³-hybridized carbons (Fsp3) is 0.647. The zero-order valence-electron chi connectivity index (χ0n) is 27.1. The second kappa shape index (κ2) is 20.3. The van der Waals surface area contributed by atoms with E-state index in [2.05, 4.69) is 91.2 Å². The molecule has 1 aromatic carbocycles. The molecule has 3 atom stereocenters. The molecule has 0 amide bonds. The van der Waals surface area contributed by atoms with E-state index in [1.807, 2.05) is 32.4 Å². The average molecular weight is 591 g/mol. The summed E-state index contributed by atoms with van der Waals surface area (Å²) in [7, 11) is -0.120. The Kier molecular flexibility index (Phi) is 18.5. The molecule has 1 fully saturated rings. The third kappa shape index (κ3) is 13.0. The molecule has 1 N–H and O–H groups in total. The lowest BCUT2D eigenvalue weighted by atomic mass is 9.94. The van der Waals surface area contributed by atoms with Gasteiger partial charge >= 0.3 is 0 Å². The van der Waals surface area contributed by atoms with Gasteiger partial charge in [0.25, 0.3) is 0 Å². The van der Waals surface area contributed by atoms with Gasteiger partial charge in [-0.25, -0.2) is 4.98 Å². The monoisotopic (exact) mass is 590 g/mol. The molecule has 2 aromatic rings. The first-order valence-electron chi connectivity index (χ1n) is 15.6. The maximum Gasteiger partial charge on any atom is 0.147 e. The van der Waals surface area contributed by atoms with Gasteiger partial charge in [-0.3, -0.25) is 4.90 Å². The van der Waals surface area contributed by atoms with E-state index in [0.29, 0.717) is 17.0 Å². The van der Waals surface area contributed by atoms with Crippen LogP contribution in [0.15, 0.2) is 36.5 Å². The van der Waals surface area contributed by atoms with Crippen LogP contribution in [0.1, 0.15) is 104 Å². The van der Waals surface area contributed by atoms with Gasteiger partial charge in [-0.1, -0.05) is 102 Å². The van der Waals surface area contributed by atoms with Gasteiger partial charge in [0.15, 0.2) is 0 Å². The Morgan fingerprint density at radius 3 is 2.25 bits per heavy atom. The molecule has 3 unspecified atom stereocenters. The van der Waals surface area contributed by atoms with Crippen molar-refractivity contribution in [1.29, 1.82) is 0 Å². The van der Waals surface area contributed by atoms with E-state index in [-0.39, 0.29) is 10.7 Å². The molecule has 228 valence electrons. The van der Waals surface area contributed by atoms with Crippen LogP contribution in [-0.2, 0) is 0 Å². The van der Waals surface area contributed by atoms with E-state index >= 15 is 0 Å². The van der Waals surface area contributed by atoms with Gasteiger partial charge < -0.3 is 9.62 Å². The fourth-order valence-electron chi connectivity index (χ4n) is 5.27. The summed E-state index contributed by atoms with van der Waals surface area (Å²) in [5.74, 6) is 6.41. The third-order valence-electron chi connectivity index (χ3n) is 7.33. The summed E-state index contributed by atoms with van der Waals surface area (Å²) in [5.41, 5.74) is 3.78. The van der Waals surface area contributed by atoms with Crippen LogP contribution in [0.2, 0.25) is 5.02 Å². The molecule has 0 saturated carbocycles. The lowest BCUT2D eigenvalue weighted by Gasteiger charge is -2.36. The number of pyridine rings is 1. The normalized spacial score (nSPS) is 16.1. The molecule has 3 rings (SSSR count). The Hall–Kier alpha value is -1.56. The molecule has 40 heavy (non-hydrogen) atoms. The lowest BCUT2D eigenvalue weighted by molar-refractivity contribution is 0.134. The maximum absolute atomic E-state index is 6.44. The zero-order chi connectivity index (χ0) is 30.1. The summed E-state index contributed by atoms with van der Waals surface area (Å²) < 4.78 is 3.26. The number of hydrogen-bond donors (Lipinski definition) is 1. The summed E-state index contributed by atoms with van der Waals surface area (Å²) >= 11 is 6.44. The summed E-state index contributed by atoms with van der Waals surface area (Å²) in [4.78, 5) is 9.55. The Labute approximate surface area is 255 Å². The highest BCUT2D eigenvalue weighted by atomic mass is 35.5. The van der Waals surface area contributed by atoms with Gasteiger partial charge in [-0.2, -0.15) is 0 Å². The SMILES string of the molecule is C=S(C)Nc1cnc(N(CCC)CC(C)CCC)c(Cl)c1.CC.CCC(c1ccc(C)cc1)N1CCC(C)CC1. The summed E-state index contributed by atoms with van der Waals surface area (Å²) in [5, 5.41) is 0.711. The van der Waals surface area contributed by atoms with Crippen molar-refractivity contribution in [1.82, 2.24) is 9.88 Å². The van der Waals surface area contributed by atoms with Crippen molar-refractivity contribution in [2.24, 2.45) is 11.8 Å². The first-order chi connectivity index (χ1) is 19.2. The molecule has 2 heterocycles. The third-order valence-corrected chi connectivity index (χ3v) is 8.19. The van der Waals surface area contributed by atoms with Crippen LogP contribution in [0.5, 0.6) is 0 Å². The number of rotatable bonds is 12. The number of nitrogens with one attached hydrogen (secondary N) is 1. The molecule has 1 aromatic heterocycles. The first kappa shape index (κ1) is 36.5. The highest BCUT2D eigenvalue weighted by Crippen LogP contribution is 2.30. The largest absolute Gasteiger partial charge is 0.355 e. The summed E-state index contributed by atoms with van der Waals surface area (Å²) in [6.45, 7) is 22.1. The maximum atomic E-state index is 6.44. The second-order valence-corrected chi connectivity index (χ2v) is 13.0. The summed E-state index contributed by atoms with van der Waals surface area (Å²) in [6, 6.07) is 11.7.